The molecule has 3 rings (SSSR count). The van der Waals surface area contributed by atoms with Gasteiger partial charge in [-0.15, -0.1) is 0 Å². The standard InChI is InChI=1S/C16H22N2O3/c1-11-9-18(6-5-17-11)16(19)13-7-12-3-4-14(20-2)8-15(12)21-10-13/h3-4,8,11,13,17H,5-7,9-10H2,1-2H3/t11-,13+/m1/s1. The summed E-state index contributed by atoms with van der Waals surface area (Å²) in [6.07, 6.45) is 0.746. The Labute approximate surface area is 125 Å². The van der Waals surface area contributed by atoms with Crippen LogP contribution in [0.2, 0.25) is 0 Å². The summed E-state index contributed by atoms with van der Waals surface area (Å²) in [5.74, 6) is 1.77. The Morgan fingerprint density at radius 3 is 3.10 bits per heavy atom. The average molecular weight is 290 g/mol. The highest BCUT2D eigenvalue weighted by Crippen LogP contribution is 2.31. The Balaban J connectivity index is 1.69. The summed E-state index contributed by atoms with van der Waals surface area (Å²) in [7, 11) is 1.64. The van der Waals surface area contributed by atoms with Crippen LogP contribution in [-0.4, -0.2) is 50.2 Å². The maximum Gasteiger partial charge on any atom is 0.229 e. The van der Waals surface area contributed by atoms with E-state index in [4.69, 9.17) is 9.47 Å². The summed E-state index contributed by atoms with van der Waals surface area (Å²) in [5, 5.41) is 3.36. The van der Waals surface area contributed by atoms with Crippen molar-refractivity contribution in [3.63, 3.8) is 0 Å². The van der Waals surface area contributed by atoms with Crippen molar-refractivity contribution < 1.29 is 14.3 Å². The lowest BCUT2D eigenvalue weighted by Gasteiger charge is -2.35. The second-order valence-corrected chi connectivity index (χ2v) is 5.83. The van der Waals surface area contributed by atoms with Gasteiger partial charge in [0.25, 0.3) is 0 Å². The first-order valence-corrected chi connectivity index (χ1v) is 7.49. The van der Waals surface area contributed by atoms with Gasteiger partial charge in [-0.3, -0.25) is 4.79 Å². The average Bonchev–Trinajstić information content (AvgIpc) is 2.53. The monoisotopic (exact) mass is 290 g/mol. The molecule has 0 aromatic heterocycles. The Morgan fingerprint density at radius 1 is 1.48 bits per heavy atom. The van der Waals surface area contributed by atoms with Gasteiger partial charge < -0.3 is 19.7 Å². The smallest absolute Gasteiger partial charge is 0.229 e. The van der Waals surface area contributed by atoms with E-state index in [1.165, 1.54) is 0 Å². The molecule has 2 aliphatic heterocycles. The first-order chi connectivity index (χ1) is 10.2. The van der Waals surface area contributed by atoms with Gasteiger partial charge in [0.1, 0.15) is 18.1 Å². The number of amides is 1. The van der Waals surface area contributed by atoms with Crippen LogP contribution < -0.4 is 14.8 Å². The van der Waals surface area contributed by atoms with E-state index >= 15 is 0 Å². The molecule has 0 bridgehead atoms. The second kappa shape index (κ2) is 5.93. The van der Waals surface area contributed by atoms with E-state index < -0.39 is 0 Å². The van der Waals surface area contributed by atoms with Gasteiger partial charge in [0, 0.05) is 31.7 Å². The van der Waals surface area contributed by atoms with Crippen LogP contribution in [0.25, 0.3) is 0 Å². The zero-order valence-corrected chi connectivity index (χ0v) is 12.6. The first-order valence-electron chi connectivity index (χ1n) is 7.49. The summed E-state index contributed by atoms with van der Waals surface area (Å²) < 4.78 is 11.0. The van der Waals surface area contributed by atoms with Crippen molar-refractivity contribution in [2.24, 2.45) is 5.92 Å². The second-order valence-electron chi connectivity index (χ2n) is 5.83. The number of ether oxygens (including phenoxy) is 2. The summed E-state index contributed by atoms with van der Waals surface area (Å²) in [6.45, 7) is 5.00. The van der Waals surface area contributed by atoms with Crippen molar-refractivity contribution in [2.75, 3.05) is 33.4 Å². The zero-order valence-electron chi connectivity index (χ0n) is 12.6. The van der Waals surface area contributed by atoms with Gasteiger partial charge in [-0.05, 0) is 25.0 Å². The van der Waals surface area contributed by atoms with E-state index in [1.54, 1.807) is 7.11 Å². The molecule has 2 aliphatic rings. The molecule has 114 valence electrons. The molecule has 2 heterocycles. The SMILES string of the molecule is COc1ccc2c(c1)OC[C@@H](C(=O)N1CCN[C@H](C)C1)C2. The van der Waals surface area contributed by atoms with Crippen LogP contribution in [-0.2, 0) is 11.2 Å². The summed E-state index contributed by atoms with van der Waals surface area (Å²) in [6, 6.07) is 6.17. The highest BCUT2D eigenvalue weighted by Gasteiger charge is 2.31. The largest absolute Gasteiger partial charge is 0.497 e. The van der Waals surface area contributed by atoms with E-state index in [0.717, 1.165) is 43.1 Å². The Bertz CT molecular complexity index is 532. The number of hydrogen-bond acceptors (Lipinski definition) is 4. The number of carbonyl (C=O) groups excluding carboxylic acids is 1. The van der Waals surface area contributed by atoms with Crippen molar-refractivity contribution >= 4 is 5.91 Å². The van der Waals surface area contributed by atoms with Crippen LogP contribution in [0.15, 0.2) is 18.2 Å². The fourth-order valence-electron chi connectivity index (χ4n) is 3.03. The van der Waals surface area contributed by atoms with E-state index in [1.807, 2.05) is 23.1 Å². The minimum atomic E-state index is -0.0730. The van der Waals surface area contributed by atoms with Crippen LogP contribution in [0.3, 0.4) is 0 Å². The molecule has 1 aromatic rings. The third kappa shape index (κ3) is 2.97. The molecule has 2 atom stereocenters. The number of fused-ring (bicyclic) bond motifs is 1. The topological polar surface area (TPSA) is 50.8 Å². The lowest BCUT2D eigenvalue weighted by atomic mass is 9.95. The zero-order chi connectivity index (χ0) is 14.8. The molecule has 1 fully saturated rings. The third-order valence-electron chi connectivity index (χ3n) is 4.21. The van der Waals surface area contributed by atoms with E-state index in [2.05, 4.69) is 12.2 Å². The van der Waals surface area contributed by atoms with Crippen LogP contribution >= 0.6 is 0 Å². The summed E-state index contributed by atoms with van der Waals surface area (Å²) in [4.78, 5) is 14.6. The predicted molar refractivity (Wildman–Crippen MR) is 79.7 cm³/mol. The quantitative estimate of drug-likeness (QED) is 0.885. The molecule has 0 aliphatic carbocycles. The maximum atomic E-state index is 12.6. The minimum absolute atomic E-state index is 0.0730. The number of nitrogens with one attached hydrogen (secondary N) is 1. The van der Waals surface area contributed by atoms with Crippen molar-refractivity contribution in [2.45, 2.75) is 19.4 Å². The molecule has 1 amide bonds. The highest BCUT2D eigenvalue weighted by atomic mass is 16.5. The Kier molecular flexibility index (Phi) is 4.01. The Hall–Kier alpha value is -1.75. The molecule has 0 radical (unpaired) electrons. The van der Waals surface area contributed by atoms with E-state index in [0.29, 0.717) is 12.6 Å². The third-order valence-corrected chi connectivity index (χ3v) is 4.21. The predicted octanol–water partition coefficient (Wildman–Crippen LogP) is 1.07. The molecule has 5 nitrogen and oxygen atoms in total. The first kappa shape index (κ1) is 14.2. The number of hydrogen-bond donors (Lipinski definition) is 1. The minimum Gasteiger partial charge on any atom is -0.497 e. The van der Waals surface area contributed by atoms with E-state index in [-0.39, 0.29) is 11.8 Å². The molecular weight excluding hydrogens is 268 g/mol. The van der Waals surface area contributed by atoms with Gasteiger partial charge >= 0.3 is 0 Å². The molecule has 1 N–H and O–H groups in total. The molecule has 1 saturated heterocycles. The van der Waals surface area contributed by atoms with Gasteiger partial charge in [-0.1, -0.05) is 6.07 Å². The lowest BCUT2D eigenvalue weighted by molar-refractivity contribution is -0.138. The molecule has 1 aromatic carbocycles. The van der Waals surface area contributed by atoms with Crippen LogP contribution in [0.4, 0.5) is 0 Å². The summed E-state index contributed by atoms with van der Waals surface area (Å²) in [5.41, 5.74) is 1.09. The van der Waals surface area contributed by atoms with Crippen LogP contribution in [0.1, 0.15) is 12.5 Å². The lowest BCUT2D eigenvalue weighted by Crippen LogP contribution is -2.53. The van der Waals surface area contributed by atoms with Crippen LogP contribution in [0.5, 0.6) is 11.5 Å². The van der Waals surface area contributed by atoms with Crippen molar-refractivity contribution in [3.05, 3.63) is 23.8 Å². The fraction of sp³-hybridized carbons (Fsp3) is 0.562. The molecule has 0 spiro atoms. The highest BCUT2D eigenvalue weighted by molar-refractivity contribution is 5.80. The molecular formula is C16H22N2O3. The van der Waals surface area contributed by atoms with Gasteiger partial charge in [-0.25, -0.2) is 0 Å². The Morgan fingerprint density at radius 2 is 2.33 bits per heavy atom. The molecule has 21 heavy (non-hydrogen) atoms. The normalized spacial score (nSPS) is 25.0. The number of benzene rings is 1. The van der Waals surface area contributed by atoms with Crippen molar-refractivity contribution in [1.82, 2.24) is 10.2 Å². The van der Waals surface area contributed by atoms with Gasteiger partial charge in [0.05, 0.1) is 13.0 Å². The van der Waals surface area contributed by atoms with Crippen molar-refractivity contribution in [1.29, 1.82) is 0 Å². The maximum absolute atomic E-state index is 12.6. The number of methoxy groups -OCH3 is 1. The number of carbonyl (C=O) groups is 1. The number of rotatable bonds is 2. The van der Waals surface area contributed by atoms with Crippen LogP contribution in [0, 0.1) is 5.92 Å². The van der Waals surface area contributed by atoms with Gasteiger partial charge in [0.15, 0.2) is 0 Å². The summed E-state index contributed by atoms with van der Waals surface area (Å²) >= 11 is 0. The van der Waals surface area contributed by atoms with Gasteiger partial charge in [0.2, 0.25) is 5.91 Å². The molecule has 0 saturated carbocycles. The molecule has 0 unspecified atom stereocenters. The van der Waals surface area contributed by atoms with Crippen molar-refractivity contribution in [3.8, 4) is 11.5 Å². The van der Waals surface area contributed by atoms with Gasteiger partial charge in [-0.2, -0.15) is 0 Å². The number of piperazine rings is 1. The van der Waals surface area contributed by atoms with E-state index in [9.17, 15) is 4.79 Å². The number of nitrogens with zero attached hydrogens (tertiary/aromatic N) is 1. The molecule has 5 heteroatoms. The fourth-order valence-corrected chi connectivity index (χ4v) is 3.03.